The molecule has 164 valence electrons. The molecule has 0 aromatic rings. The number of rotatable bonds is 11. The normalized spacial score (nSPS) is 29.3. The van der Waals surface area contributed by atoms with Crippen molar-refractivity contribution in [3.63, 3.8) is 0 Å². The van der Waals surface area contributed by atoms with E-state index < -0.39 is 51.3 Å². The van der Waals surface area contributed by atoms with Gasteiger partial charge in [0.25, 0.3) is 0 Å². The first kappa shape index (κ1) is 26.1. The van der Waals surface area contributed by atoms with Gasteiger partial charge in [0.15, 0.2) is 0 Å². The van der Waals surface area contributed by atoms with Crippen molar-refractivity contribution < 1.29 is 55.9 Å². The van der Waals surface area contributed by atoms with Crippen molar-refractivity contribution in [3.05, 3.63) is 0 Å². The maximum atomic E-state index is 11.8. The first-order valence-electron chi connectivity index (χ1n) is 7.36. The summed E-state index contributed by atoms with van der Waals surface area (Å²) < 4.78 is 56.8. The molecule has 12 nitrogen and oxygen atoms in total. The first-order chi connectivity index (χ1) is 12.0. The summed E-state index contributed by atoms with van der Waals surface area (Å²) in [5.74, 6) is 0.394. The Labute approximate surface area is 162 Å². The molecule has 0 aromatic carbocycles. The minimum Gasteiger partial charge on any atom is -0.370 e. The summed E-state index contributed by atoms with van der Waals surface area (Å²) in [6.07, 6.45) is 5.45. The average molecular weight is 494 g/mol. The SMILES string of the molecule is C[C@H]1CC(OCSS(C)(C)C)[C@@H](COP(=O)(O)OP(=O)(O)OP(=O)(O)O)O1. The smallest absolute Gasteiger partial charge is 0.370 e. The highest BCUT2D eigenvalue weighted by Crippen LogP contribution is 2.66. The van der Waals surface area contributed by atoms with Crippen LogP contribution in [0, 0.1) is 0 Å². The molecule has 1 aliphatic heterocycles. The van der Waals surface area contributed by atoms with Crippen molar-refractivity contribution in [1.29, 1.82) is 0 Å². The van der Waals surface area contributed by atoms with Crippen LogP contribution >= 0.6 is 43.3 Å². The van der Waals surface area contributed by atoms with Crippen molar-refractivity contribution in [2.75, 3.05) is 31.3 Å². The molecule has 0 spiro atoms. The summed E-state index contributed by atoms with van der Waals surface area (Å²) in [5.41, 5.74) is 0. The Balaban J connectivity index is 2.58. The Morgan fingerprint density at radius 3 is 2.19 bits per heavy atom. The van der Waals surface area contributed by atoms with E-state index >= 15 is 0 Å². The third-order valence-corrected chi connectivity index (χ3v) is 10.0. The zero-order chi connectivity index (χ0) is 21.1. The number of hydrogen-bond acceptors (Lipinski definition) is 9. The van der Waals surface area contributed by atoms with Gasteiger partial charge in [-0.25, -0.2) is 13.7 Å². The molecule has 0 amide bonds. The minimum absolute atomic E-state index is 0.198. The Hall–Kier alpha value is 1.03. The molecule has 3 unspecified atom stereocenters. The van der Waals surface area contributed by atoms with E-state index in [4.69, 9.17) is 24.2 Å². The van der Waals surface area contributed by atoms with Crippen molar-refractivity contribution in [3.8, 4) is 0 Å². The summed E-state index contributed by atoms with van der Waals surface area (Å²) in [6, 6.07) is 0. The lowest BCUT2D eigenvalue weighted by molar-refractivity contribution is -0.0326. The third-order valence-electron chi connectivity index (χ3n) is 2.89. The Morgan fingerprint density at radius 2 is 1.67 bits per heavy atom. The van der Waals surface area contributed by atoms with Crippen LogP contribution in [-0.4, -0.2) is 69.2 Å². The first-order valence-corrected chi connectivity index (χ1v) is 16.2. The Morgan fingerprint density at radius 1 is 1.07 bits per heavy atom. The Bertz CT molecular complexity index is 633. The van der Waals surface area contributed by atoms with E-state index in [0.717, 1.165) is 0 Å². The molecule has 0 aromatic heterocycles. The van der Waals surface area contributed by atoms with Gasteiger partial charge in [0.2, 0.25) is 0 Å². The van der Waals surface area contributed by atoms with E-state index in [2.05, 4.69) is 31.9 Å². The highest BCUT2D eigenvalue weighted by molar-refractivity contribution is 8.93. The molecular formula is C10H25O12P3S2. The number of phosphoric ester groups is 1. The van der Waals surface area contributed by atoms with Gasteiger partial charge in [-0.3, -0.25) is 4.52 Å². The molecule has 0 radical (unpaired) electrons. The van der Waals surface area contributed by atoms with Crippen LogP contribution in [0.2, 0.25) is 0 Å². The standard InChI is InChI=1S/C10H25O12P3S2/c1-8-5-9(18-7-26-27(2,3)4)10(20-8)6-19-24(14,15)22-25(16,17)21-23(11,12)13/h8-10H,5-7H2,1-4H3,(H,14,15)(H,16,17)(H2,11,12,13)/t8-,9?,10+/m0/s1. The molecule has 1 aliphatic rings. The fraction of sp³-hybridized carbons (Fsp3) is 1.00. The summed E-state index contributed by atoms with van der Waals surface area (Å²) in [6.45, 7) is 1.27. The third kappa shape index (κ3) is 11.7. The van der Waals surface area contributed by atoms with Crippen LogP contribution in [0.3, 0.4) is 0 Å². The second-order valence-corrected chi connectivity index (χ2v) is 18.3. The summed E-state index contributed by atoms with van der Waals surface area (Å²) in [4.78, 5) is 35.6. The second-order valence-electron chi connectivity index (χ2n) is 6.27. The molecule has 1 rings (SSSR count). The topological polar surface area (TPSA) is 178 Å². The molecule has 17 heteroatoms. The molecular weight excluding hydrogens is 469 g/mol. The quantitative estimate of drug-likeness (QED) is 0.187. The van der Waals surface area contributed by atoms with Gasteiger partial charge in [0.05, 0.1) is 18.8 Å². The molecule has 1 fully saturated rings. The van der Waals surface area contributed by atoms with Gasteiger partial charge < -0.3 is 29.0 Å². The van der Waals surface area contributed by atoms with Crippen molar-refractivity contribution >= 4 is 43.3 Å². The molecule has 0 bridgehead atoms. The monoisotopic (exact) mass is 494 g/mol. The zero-order valence-corrected chi connectivity index (χ0v) is 19.4. The molecule has 1 saturated heterocycles. The van der Waals surface area contributed by atoms with Crippen LogP contribution in [0.1, 0.15) is 13.3 Å². The van der Waals surface area contributed by atoms with Crippen molar-refractivity contribution in [1.82, 2.24) is 0 Å². The van der Waals surface area contributed by atoms with E-state index in [0.29, 0.717) is 12.4 Å². The van der Waals surface area contributed by atoms with Gasteiger partial charge in [-0.15, -0.1) is 0 Å². The van der Waals surface area contributed by atoms with Gasteiger partial charge in [-0.2, -0.15) is 17.7 Å². The molecule has 0 saturated carbocycles. The van der Waals surface area contributed by atoms with Crippen LogP contribution < -0.4 is 0 Å². The second kappa shape index (κ2) is 9.89. The lowest BCUT2D eigenvalue weighted by atomic mass is 10.1. The van der Waals surface area contributed by atoms with E-state index in [1.54, 1.807) is 17.7 Å². The lowest BCUT2D eigenvalue weighted by Gasteiger charge is -2.26. The van der Waals surface area contributed by atoms with E-state index in [1.165, 1.54) is 0 Å². The van der Waals surface area contributed by atoms with Crippen LogP contribution in [-0.2, 0) is 36.3 Å². The Kier molecular flexibility index (Phi) is 9.55. The molecule has 4 N–H and O–H groups in total. The fourth-order valence-corrected chi connectivity index (χ4v) is 6.55. The highest BCUT2D eigenvalue weighted by Gasteiger charge is 2.42. The maximum Gasteiger partial charge on any atom is 0.490 e. The number of hydrogen-bond donors (Lipinski definition) is 4. The van der Waals surface area contributed by atoms with Gasteiger partial charge >= 0.3 is 23.5 Å². The maximum absolute atomic E-state index is 11.8. The summed E-state index contributed by atoms with van der Waals surface area (Å²) >= 11 is 0. The predicted molar refractivity (Wildman–Crippen MR) is 101 cm³/mol. The summed E-state index contributed by atoms with van der Waals surface area (Å²) in [7, 11) is -15.3. The zero-order valence-electron chi connectivity index (χ0n) is 15.1. The minimum atomic E-state index is -5.53. The molecule has 1 heterocycles. The molecule has 0 aliphatic carbocycles. The molecule has 5 atom stereocenters. The predicted octanol–water partition coefficient (Wildman–Crippen LogP) is 2.19. The van der Waals surface area contributed by atoms with Crippen LogP contribution in [0.15, 0.2) is 0 Å². The van der Waals surface area contributed by atoms with Crippen LogP contribution in [0.25, 0.3) is 0 Å². The van der Waals surface area contributed by atoms with Crippen molar-refractivity contribution in [2.45, 2.75) is 31.7 Å². The highest BCUT2D eigenvalue weighted by atomic mass is 33.2. The van der Waals surface area contributed by atoms with Crippen LogP contribution in [0.5, 0.6) is 0 Å². The van der Waals surface area contributed by atoms with Crippen LogP contribution in [0.4, 0.5) is 0 Å². The lowest BCUT2D eigenvalue weighted by Crippen LogP contribution is -2.29. The van der Waals surface area contributed by atoms with E-state index in [9.17, 15) is 18.6 Å². The van der Waals surface area contributed by atoms with Gasteiger partial charge in [0.1, 0.15) is 12.0 Å². The van der Waals surface area contributed by atoms with Crippen molar-refractivity contribution in [2.24, 2.45) is 0 Å². The molecule has 27 heavy (non-hydrogen) atoms. The number of phosphoric acid groups is 3. The van der Waals surface area contributed by atoms with E-state index in [-0.39, 0.29) is 6.10 Å². The summed E-state index contributed by atoms with van der Waals surface area (Å²) in [5, 5.41) is 0. The average Bonchev–Trinajstić information content (AvgIpc) is 2.71. The largest absolute Gasteiger partial charge is 0.490 e. The van der Waals surface area contributed by atoms with Gasteiger partial charge in [-0.05, 0) is 25.7 Å². The van der Waals surface area contributed by atoms with E-state index in [1.807, 2.05) is 0 Å². The number of ether oxygens (including phenoxy) is 2. The van der Waals surface area contributed by atoms with Gasteiger partial charge in [0, 0.05) is 6.42 Å². The fourth-order valence-electron chi connectivity index (χ4n) is 1.97. The van der Waals surface area contributed by atoms with Gasteiger partial charge in [-0.1, -0.05) is 10.8 Å².